The SMILES string of the molecule is CC.Cc1coc(CNC2=C(Nc3cccc(C(=O)N(C)C)c3O)C(=O)C2O)c1. The number of nitrogens with one attached hydrogen (secondary N) is 2. The number of aliphatic hydroxyl groups is 1. The summed E-state index contributed by atoms with van der Waals surface area (Å²) in [5, 5.41) is 26.1. The van der Waals surface area contributed by atoms with Gasteiger partial charge >= 0.3 is 0 Å². The molecule has 0 saturated heterocycles. The molecule has 1 atom stereocenters. The predicted octanol–water partition coefficient (Wildman–Crippen LogP) is 2.38. The van der Waals surface area contributed by atoms with E-state index in [1.165, 1.54) is 11.0 Å². The van der Waals surface area contributed by atoms with E-state index in [1.54, 1.807) is 32.5 Å². The van der Waals surface area contributed by atoms with E-state index in [0.717, 1.165) is 5.56 Å². The van der Waals surface area contributed by atoms with Gasteiger partial charge in [0.05, 0.1) is 29.8 Å². The number of aliphatic hydroxyl groups excluding tert-OH is 1. The van der Waals surface area contributed by atoms with E-state index in [-0.39, 0.29) is 28.6 Å². The maximum atomic E-state index is 12.1. The Balaban J connectivity index is 0.00000145. The molecule has 0 bridgehead atoms. The van der Waals surface area contributed by atoms with Gasteiger partial charge in [0.15, 0.2) is 11.9 Å². The van der Waals surface area contributed by atoms with Gasteiger partial charge in [-0.2, -0.15) is 0 Å². The second kappa shape index (κ2) is 9.29. The highest BCUT2D eigenvalue weighted by atomic mass is 16.3. The average Bonchev–Trinajstić information content (AvgIpc) is 3.14. The van der Waals surface area contributed by atoms with Gasteiger partial charge in [-0.05, 0) is 30.7 Å². The highest BCUT2D eigenvalue weighted by Crippen LogP contribution is 2.32. The first-order chi connectivity index (χ1) is 13.8. The topological polar surface area (TPSA) is 115 Å². The largest absolute Gasteiger partial charge is 0.505 e. The number of para-hydroxylation sites is 1. The van der Waals surface area contributed by atoms with Crippen LogP contribution in [-0.2, 0) is 11.3 Å². The van der Waals surface area contributed by atoms with Crippen molar-refractivity contribution in [1.82, 2.24) is 10.2 Å². The van der Waals surface area contributed by atoms with E-state index in [4.69, 9.17) is 4.42 Å². The lowest BCUT2D eigenvalue weighted by molar-refractivity contribution is -0.124. The van der Waals surface area contributed by atoms with E-state index in [9.17, 15) is 19.8 Å². The third kappa shape index (κ3) is 4.60. The summed E-state index contributed by atoms with van der Waals surface area (Å²) in [6.45, 7) is 6.19. The van der Waals surface area contributed by atoms with Crippen LogP contribution in [0.25, 0.3) is 0 Å². The fraction of sp³-hybridized carbons (Fsp3) is 0.333. The minimum atomic E-state index is -1.27. The van der Waals surface area contributed by atoms with Gasteiger partial charge in [0.1, 0.15) is 11.5 Å². The summed E-state index contributed by atoms with van der Waals surface area (Å²) in [7, 11) is 3.16. The number of phenolic OH excluding ortho intramolecular Hbond substituents is 1. The predicted molar refractivity (Wildman–Crippen MR) is 109 cm³/mol. The molecule has 0 spiro atoms. The van der Waals surface area contributed by atoms with Crippen molar-refractivity contribution >= 4 is 17.4 Å². The van der Waals surface area contributed by atoms with Crippen LogP contribution in [0.2, 0.25) is 0 Å². The minimum absolute atomic E-state index is 0.110. The number of phenols is 1. The highest BCUT2D eigenvalue weighted by Gasteiger charge is 2.38. The summed E-state index contributed by atoms with van der Waals surface area (Å²) in [6.07, 6.45) is 0.343. The molecule has 8 nitrogen and oxygen atoms in total. The maximum absolute atomic E-state index is 12.1. The second-order valence-electron chi connectivity index (χ2n) is 6.53. The van der Waals surface area contributed by atoms with E-state index >= 15 is 0 Å². The van der Waals surface area contributed by atoms with Crippen LogP contribution in [0.15, 0.2) is 46.3 Å². The molecule has 0 radical (unpaired) electrons. The first-order valence-electron chi connectivity index (χ1n) is 9.34. The lowest BCUT2D eigenvalue weighted by Crippen LogP contribution is -2.45. The number of hydrogen-bond donors (Lipinski definition) is 4. The second-order valence-corrected chi connectivity index (χ2v) is 6.53. The molecule has 0 fully saturated rings. The monoisotopic (exact) mass is 401 g/mol. The normalized spacial score (nSPS) is 15.2. The Morgan fingerprint density at radius 2 is 1.97 bits per heavy atom. The molecule has 1 amide bonds. The Hall–Kier alpha value is -3.26. The van der Waals surface area contributed by atoms with Crippen LogP contribution in [0.3, 0.4) is 0 Å². The number of furan rings is 1. The Morgan fingerprint density at radius 3 is 2.55 bits per heavy atom. The van der Waals surface area contributed by atoms with E-state index in [0.29, 0.717) is 18.0 Å². The maximum Gasteiger partial charge on any atom is 0.257 e. The number of carbonyl (C=O) groups is 2. The molecule has 29 heavy (non-hydrogen) atoms. The van der Waals surface area contributed by atoms with E-state index in [1.807, 2.05) is 26.8 Å². The highest BCUT2D eigenvalue weighted by molar-refractivity contribution is 6.11. The molecule has 4 N–H and O–H groups in total. The summed E-state index contributed by atoms with van der Waals surface area (Å²) in [4.78, 5) is 25.5. The third-order valence-corrected chi connectivity index (χ3v) is 4.21. The van der Waals surface area contributed by atoms with Crippen molar-refractivity contribution < 1.29 is 24.2 Å². The molecule has 8 heteroatoms. The molecule has 0 saturated carbocycles. The zero-order valence-corrected chi connectivity index (χ0v) is 17.2. The van der Waals surface area contributed by atoms with Crippen molar-refractivity contribution in [1.29, 1.82) is 0 Å². The van der Waals surface area contributed by atoms with E-state index in [2.05, 4.69) is 10.6 Å². The number of rotatable bonds is 6. The van der Waals surface area contributed by atoms with Crippen molar-refractivity contribution in [2.24, 2.45) is 0 Å². The number of nitrogens with zero attached hydrogens (tertiary/aromatic N) is 1. The zero-order valence-electron chi connectivity index (χ0n) is 17.2. The molecule has 1 aliphatic carbocycles. The van der Waals surface area contributed by atoms with Crippen LogP contribution in [0.1, 0.15) is 35.5 Å². The smallest absolute Gasteiger partial charge is 0.257 e. The molecule has 3 rings (SSSR count). The number of aromatic hydroxyl groups is 1. The summed E-state index contributed by atoms with van der Waals surface area (Å²) in [5.74, 6) is -0.472. The quantitative estimate of drug-likeness (QED) is 0.549. The number of benzene rings is 1. The zero-order chi connectivity index (χ0) is 21.7. The summed E-state index contributed by atoms with van der Waals surface area (Å²) >= 11 is 0. The number of ketones is 1. The van der Waals surface area contributed by atoms with Gasteiger partial charge < -0.3 is 30.2 Å². The molecular formula is C21H27N3O5. The fourth-order valence-electron chi connectivity index (χ4n) is 2.73. The molecule has 1 aliphatic rings. The molecule has 1 aromatic heterocycles. The van der Waals surface area contributed by atoms with E-state index < -0.39 is 11.9 Å². The number of hydrogen-bond acceptors (Lipinski definition) is 7. The lowest BCUT2D eigenvalue weighted by Gasteiger charge is -2.29. The summed E-state index contributed by atoms with van der Waals surface area (Å²) in [5.41, 5.74) is 1.72. The van der Waals surface area contributed by atoms with Gasteiger partial charge in [0.25, 0.3) is 5.91 Å². The number of Topliss-reactive ketones (excluding diaryl/α,β-unsaturated/α-hetero) is 1. The number of carbonyl (C=O) groups excluding carboxylic acids is 2. The number of amides is 1. The van der Waals surface area contributed by atoms with Crippen LogP contribution in [0, 0.1) is 6.92 Å². The molecule has 156 valence electrons. The van der Waals surface area contributed by atoms with Crippen molar-refractivity contribution in [2.45, 2.75) is 33.4 Å². The molecule has 1 aromatic carbocycles. The van der Waals surface area contributed by atoms with Gasteiger partial charge in [-0.15, -0.1) is 0 Å². The average molecular weight is 401 g/mol. The van der Waals surface area contributed by atoms with Crippen molar-refractivity contribution in [3.8, 4) is 5.75 Å². The molecular weight excluding hydrogens is 374 g/mol. The van der Waals surface area contributed by atoms with Crippen LogP contribution in [-0.4, -0.2) is 47.0 Å². The van der Waals surface area contributed by atoms with Gasteiger partial charge in [-0.25, -0.2) is 0 Å². The fourth-order valence-corrected chi connectivity index (χ4v) is 2.73. The number of anilines is 1. The Kier molecular flexibility index (Phi) is 7.06. The van der Waals surface area contributed by atoms with Crippen molar-refractivity contribution in [3.05, 3.63) is 58.8 Å². The lowest BCUT2D eigenvalue weighted by atomic mass is 9.94. The van der Waals surface area contributed by atoms with Crippen LogP contribution >= 0.6 is 0 Å². The molecule has 2 aromatic rings. The van der Waals surface area contributed by atoms with Gasteiger partial charge in [-0.1, -0.05) is 19.9 Å². The molecule has 0 aliphatic heterocycles. The summed E-state index contributed by atoms with van der Waals surface area (Å²) < 4.78 is 5.33. The molecule has 1 unspecified atom stereocenters. The van der Waals surface area contributed by atoms with Gasteiger partial charge in [-0.3, -0.25) is 9.59 Å². The minimum Gasteiger partial charge on any atom is -0.505 e. The van der Waals surface area contributed by atoms with Crippen LogP contribution < -0.4 is 10.6 Å². The Labute approximate surface area is 169 Å². The first-order valence-corrected chi connectivity index (χ1v) is 9.34. The molecule has 1 heterocycles. The van der Waals surface area contributed by atoms with Gasteiger partial charge in [0, 0.05) is 14.1 Å². The standard InChI is InChI=1S/C19H21N3O5.C2H6/c1-10-7-11(27-9-10)8-20-14-15(18(25)17(14)24)21-13-6-4-5-12(16(13)23)19(26)22(2)3;1-2/h4-7,9,17,20-21,23-24H,8H2,1-3H3;1-2H3. The van der Waals surface area contributed by atoms with Crippen LogP contribution in [0.5, 0.6) is 5.75 Å². The first kappa shape index (κ1) is 22.0. The van der Waals surface area contributed by atoms with Crippen molar-refractivity contribution in [2.75, 3.05) is 19.4 Å². The third-order valence-electron chi connectivity index (χ3n) is 4.21. The number of aryl methyl sites for hydroxylation is 1. The van der Waals surface area contributed by atoms with Crippen LogP contribution in [0.4, 0.5) is 5.69 Å². The van der Waals surface area contributed by atoms with Gasteiger partial charge in [0.2, 0.25) is 5.78 Å². The van der Waals surface area contributed by atoms with Crippen molar-refractivity contribution in [3.63, 3.8) is 0 Å². The Morgan fingerprint density at radius 1 is 1.28 bits per heavy atom. The summed E-state index contributed by atoms with van der Waals surface area (Å²) in [6, 6.07) is 6.47. The Bertz CT molecular complexity index is 930.